The molecule has 0 saturated heterocycles. The molecule has 1 aliphatic heterocycles. The molecule has 0 bridgehead atoms. The summed E-state index contributed by atoms with van der Waals surface area (Å²) >= 11 is 7.39. The van der Waals surface area contributed by atoms with E-state index >= 15 is 0 Å². The van der Waals surface area contributed by atoms with Gasteiger partial charge in [0.25, 0.3) is 11.8 Å². The summed E-state index contributed by atoms with van der Waals surface area (Å²) in [6, 6.07) is 18.0. The topological polar surface area (TPSA) is 109 Å². The second-order valence-electron chi connectivity index (χ2n) is 8.54. The molecule has 2 atom stereocenters. The van der Waals surface area contributed by atoms with Gasteiger partial charge in [-0.2, -0.15) is 0 Å². The molecule has 0 saturated carbocycles. The third-order valence-electron chi connectivity index (χ3n) is 5.88. The molecule has 7 nitrogen and oxygen atoms in total. The molecule has 1 aromatic heterocycles. The number of hydrogen-bond donors (Lipinski definition) is 3. The van der Waals surface area contributed by atoms with Crippen LogP contribution in [-0.4, -0.2) is 27.7 Å². The number of benzene rings is 2. The minimum absolute atomic E-state index is 0. The van der Waals surface area contributed by atoms with Gasteiger partial charge in [-0.1, -0.05) is 61.1 Å². The van der Waals surface area contributed by atoms with Crippen molar-refractivity contribution in [3.8, 4) is 0 Å². The first-order valence-corrected chi connectivity index (χ1v) is 12.5. The average Bonchev–Trinajstić information content (AvgIpc) is 2.84. The van der Waals surface area contributed by atoms with E-state index in [9.17, 15) is 9.59 Å². The fourth-order valence-electron chi connectivity index (χ4n) is 3.85. The van der Waals surface area contributed by atoms with Crippen molar-refractivity contribution in [1.82, 2.24) is 10.3 Å². The number of aromatic nitrogens is 1. The van der Waals surface area contributed by atoms with E-state index in [1.54, 1.807) is 18.2 Å². The smallest absolute Gasteiger partial charge is 0.274 e. The SMILES string of the molecule is C.C[C@@H](NC(=O)c1cc(NC(=O)c2ccc(Cl)cn2)cc(C2(C)CCSC(N)=N2)c1)c1ccccc1. The van der Waals surface area contributed by atoms with Crippen molar-refractivity contribution < 1.29 is 9.59 Å². The van der Waals surface area contributed by atoms with E-state index < -0.39 is 11.4 Å². The van der Waals surface area contributed by atoms with Crippen LogP contribution in [0.4, 0.5) is 5.69 Å². The van der Waals surface area contributed by atoms with Crippen molar-refractivity contribution in [2.45, 2.75) is 39.3 Å². The number of thioether (sulfide) groups is 1. The maximum absolute atomic E-state index is 13.3. The monoisotopic (exact) mass is 523 g/mol. The fraction of sp³-hybridized carbons (Fsp3) is 0.259. The number of hydrogen-bond acceptors (Lipinski definition) is 6. The molecule has 2 aromatic carbocycles. The van der Waals surface area contributed by atoms with E-state index in [1.165, 1.54) is 18.0 Å². The molecule has 3 aromatic rings. The number of rotatable bonds is 6. The van der Waals surface area contributed by atoms with Gasteiger partial charge in [-0.25, -0.2) is 4.98 Å². The Bertz CT molecular complexity index is 1270. The normalized spacial score (nSPS) is 17.8. The largest absolute Gasteiger partial charge is 0.379 e. The highest BCUT2D eigenvalue weighted by Gasteiger charge is 2.31. The molecule has 0 spiro atoms. The number of carbonyl (C=O) groups is 2. The lowest BCUT2D eigenvalue weighted by atomic mass is 9.88. The molecule has 188 valence electrons. The van der Waals surface area contributed by atoms with Crippen LogP contribution in [-0.2, 0) is 5.54 Å². The van der Waals surface area contributed by atoms with Crippen molar-refractivity contribution in [3.63, 3.8) is 0 Å². The Labute approximate surface area is 220 Å². The summed E-state index contributed by atoms with van der Waals surface area (Å²) in [4.78, 5) is 34.8. The lowest BCUT2D eigenvalue weighted by Crippen LogP contribution is -2.30. The van der Waals surface area contributed by atoms with Crippen LogP contribution in [0.2, 0.25) is 5.02 Å². The first-order chi connectivity index (χ1) is 16.7. The molecule has 4 rings (SSSR count). The quantitative estimate of drug-likeness (QED) is 0.379. The van der Waals surface area contributed by atoms with Gasteiger partial charge in [-0.05, 0) is 61.7 Å². The summed E-state index contributed by atoms with van der Waals surface area (Å²) in [5.41, 5.74) is 8.29. The molecule has 1 unspecified atom stereocenters. The van der Waals surface area contributed by atoms with E-state index in [0.29, 0.717) is 21.4 Å². The summed E-state index contributed by atoms with van der Waals surface area (Å²) in [6.45, 7) is 3.91. The number of aliphatic imine (C=N–C) groups is 1. The summed E-state index contributed by atoms with van der Waals surface area (Å²) in [5.74, 6) is 0.146. The van der Waals surface area contributed by atoms with E-state index in [0.717, 1.165) is 23.3 Å². The summed E-state index contributed by atoms with van der Waals surface area (Å²) in [5, 5.41) is 6.84. The van der Waals surface area contributed by atoms with E-state index in [4.69, 9.17) is 17.3 Å². The van der Waals surface area contributed by atoms with E-state index in [1.807, 2.05) is 56.3 Å². The molecule has 1 aliphatic rings. The van der Waals surface area contributed by atoms with Crippen LogP contribution in [0.3, 0.4) is 0 Å². The highest BCUT2D eigenvalue weighted by Crippen LogP contribution is 2.37. The maximum Gasteiger partial charge on any atom is 0.274 e. The first kappa shape index (κ1) is 27.2. The summed E-state index contributed by atoms with van der Waals surface area (Å²) in [6.07, 6.45) is 2.16. The van der Waals surface area contributed by atoms with Gasteiger partial charge in [0.15, 0.2) is 5.17 Å². The minimum Gasteiger partial charge on any atom is -0.379 e. The van der Waals surface area contributed by atoms with Gasteiger partial charge in [0, 0.05) is 23.2 Å². The van der Waals surface area contributed by atoms with Crippen molar-refractivity contribution in [2.75, 3.05) is 11.1 Å². The van der Waals surface area contributed by atoms with Crippen LogP contribution >= 0.6 is 23.4 Å². The fourth-order valence-corrected chi connectivity index (χ4v) is 4.93. The van der Waals surface area contributed by atoms with E-state index in [-0.39, 0.29) is 25.1 Å². The number of nitrogens with one attached hydrogen (secondary N) is 2. The number of anilines is 1. The van der Waals surface area contributed by atoms with Crippen LogP contribution in [0.5, 0.6) is 0 Å². The third-order valence-corrected chi connectivity index (χ3v) is 6.90. The predicted molar refractivity (Wildman–Crippen MR) is 149 cm³/mol. The highest BCUT2D eigenvalue weighted by atomic mass is 35.5. The first-order valence-electron chi connectivity index (χ1n) is 11.2. The number of halogens is 1. The highest BCUT2D eigenvalue weighted by molar-refractivity contribution is 8.13. The number of pyridine rings is 1. The summed E-state index contributed by atoms with van der Waals surface area (Å²) in [7, 11) is 0. The van der Waals surface area contributed by atoms with Gasteiger partial charge < -0.3 is 16.4 Å². The van der Waals surface area contributed by atoms with E-state index in [2.05, 4.69) is 20.6 Å². The summed E-state index contributed by atoms with van der Waals surface area (Å²) < 4.78 is 0. The maximum atomic E-state index is 13.3. The molecule has 0 aliphatic carbocycles. The van der Waals surface area contributed by atoms with Crippen LogP contribution in [0, 0.1) is 0 Å². The molecular weight excluding hydrogens is 494 g/mol. The van der Waals surface area contributed by atoms with Gasteiger partial charge in [-0.3, -0.25) is 14.6 Å². The van der Waals surface area contributed by atoms with Crippen molar-refractivity contribution in [2.24, 2.45) is 10.7 Å². The number of nitrogens with two attached hydrogens (primary N) is 1. The molecule has 36 heavy (non-hydrogen) atoms. The van der Waals surface area contributed by atoms with Gasteiger partial charge in [0.05, 0.1) is 16.6 Å². The van der Waals surface area contributed by atoms with Crippen molar-refractivity contribution in [1.29, 1.82) is 0 Å². The Morgan fingerprint density at radius 3 is 2.53 bits per heavy atom. The molecular formula is C27H30ClN5O2S. The van der Waals surface area contributed by atoms with Crippen LogP contribution in [0.1, 0.15) is 65.7 Å². The average molecular weight is 524 g/mol. The van der Waals surface area contributed by atoms with Gasteiger partial charge in [0.1, 0.15) is 5.69 Å². The zero-order chi connectivity index (χ0) is 25.0. The van der Waals surface area contributed by atoms with Crippen LogP contribution in [0.15, 0.2) is 71.9 Å². The van der Waals surface area contributed by atoms with Crippen LogP contribution in [0.25, 0.3) is 0 Å². The Morgan fingerprint density at radius 2 is 1.86 bits per heavy atom. The Kier molecular flexibility index (Phi) is 8.76. The number of nitrogens with zero attached hydrogens (tertiary/aromatic N) is 2. The number of amidine groups is 1. The molecule has 0 radical (unpaired) electrons. The molecule has 2 amide bonds. The predicted octanol–water partition coefficient (Wildman–Crippen LogP) is 5.78. The van der Waals surface area contributed by atoms with Crippen molar-refractivity contribution >= 4 is 46.0 Å². The zero-order valence-electron chi connectivity index (χ0n) is 19.4. The Hall–Kier alpha value is -3.36. The second-order valence-corrected chi connectivity index (χ2v) is 10.1. The van der Waals surface area contributed by atoms with Gasteiger partial charge in [0.2, 0.25) is 0 Å². The van der Waals surface area contributed by atoms with Gasteiger partial charge >= 0.3 is 0 Å². The zero-order valence-corrected chi connectivity index (χ0v) is 21.0. The molecule has 9 heteroatoms. The lowest BCUT2D eigenvalue weighted by Gasteiger charge is -2.30. The minimum atomic E-state index is -0.616. The number of amides is 2. The molecule has 4 N–H and O–H groups in total. The van der Waals surface area contributed by atoms with Gasteiger partial charge in [-0.15, -0.1) is 0 Å². The van der Waals surface area contributed by atoms with Crippen LogP contribution < -0.4 is 16.4 Å². The Morgan fingerprint density at radius 1 is 1.11 bits per heavy atom. The lowest BCUT2D eigenvalue weighted by molar-refractivity contribution is 0.0938. The molecule has 0 fully saturated rings. The Balaban J connectivity index is 0.00000361. The third kappa shape index (κ3) is 6.44. The standard InChI is InChI=1S/C26H26ClN5O2S.CH4/c1-16(17-6-4-3-5-7-17)30-23(33)18-12-19(26(2)10-11-35-25(28)32-26)14-21(13-18)31-24(34)22-9-8-20(27)15-29-22;/h3-9,12-16H,10-11H2,1-2H3,(H2,28,32)(H,30,33)(H,31,34);1H4/t16-,26?;/m1./s1. The van der Waals surface area contributed by atoms with Crippen molar-refractivity contribution in [3.05, 3.63) is 94.3 Å². The number of carbonyl (C=O) groups excluding carboxylic acids is 2. The molecule has 2 heterocycles. The second kappa shape index (κ2) is 11.6.